The first-order valence-electron chi connectivity index (χ1n) is 7.47. The first-order valence-corrected chi connectivity index (χ1v) is 8.87. The van der Waals surface area contributed by atoms with Gasteiger partial charge in [0.25, 0.3) is 10.2 Å². The molecule has 0 spiro atoms. The molecule has 0 aromatic heterocycles. The summed E-state index contributed by atoms with van der Waals surface area (Å²) in [5.74, 6) is 0.621. The maximum absolute atomic E-state index is 12.7. The Labute approximate surface area is 117 Å². The van der Waals surface area contributed by atoms with Crippen LogP contribution in [0.1, 0.15) is 39.0 Å². The van der Waals surface area contributed by atoms with E-state index >= 15 is 0 Å². The van der Waals surface area contributed by atoms with Gasteiger partial charge in [-0.25, -0.2) is 0 Å². The fourth-order valence-electron chi connectivity index (χ4n) is 3.20. The highest BCUT2D eigenvalue weighted by Gasteiger charge is 2.36. The average Bonchev–Trinajstić information content (AvgIpc) is 2.40. The predicted octanol–water partition coefficient (Wildman–Crippen LogP) is 1.04. The molecule has 0 saturated carbocycles. The number of rotatable bonds is 4. The highest BCUT2D eigenvalue weighted by molar-refractivity contribution is 7.86. The third kappa shape index (κ3) is 3.48. The van der Waals surface area contributed by atoms with Gasteiger partial charge in [-0.15, -0.1) is 0 Å². The number of hydrogen-bond donors (Lipinski definition) is 1. The average molecular weight is 289 g/mol. The molecule has 2 fully saturated rings. The Morgan fingerprint density at radius 2 is 1.79 bits per heavy atom. The van der Waals surface area contributed by atoms with Gasteiger partial charge in [0, 0.05) is 25.7 Å². The van der Waals surface area contributed by atoms with Crippen LogP contribution in [0.2, 0.25) is 0 Å². The Morgan fingerprint density at radius 1 is 1.11 bits per heavy atom. The number of hydrogen-bond acceptors (Lipinski definition) is 3. The SMILES string of the molecule is CNCC1CCN(S(=O)(=O)N2CCCCC2C)CC1. The monoisotopic (exact) mass is 289 g/mol. The Morgan fingerprint density at radius 3 is 2.37 bits per heavy atom. The fraction of sp³-hybridized carbons (Fsp3) is 1.00. The van der Waals surface area contributed by atoms with Crippen LogP contribution >= 0.6 is 0 Å². The van der Waals surface area contributed by atoms with Gasteiger partial charge in [0.1, 0.15) is 0 Å². The van der Waals surface area contributed by atoms with Crippen molar-refractivity contribution in [2.24, 2.45) is 5.92 Å². The van der Waals surface area contributed by atoms with Gasteiger partial charge in [-0.05, 0) is 52.1 Å². The van der Waals surface area contributed by atoms with Crippen LogP contribution in [0.4, 0.5) is 0 Å². The Kier molecular flexibility index (Phi) is 5.22. The molecule has 2 aliphatic heterocycles. The maximum atomic E-state index is 12.7. The molecule has 19 heavy (non-hydrogen) atoms. The highest BCUT2D eigenvalue weighted by atomic mass is 32.2. The van der Waals surface area contributed by atoms with Crippen LogP contribution in [0.25, 0.3) is 0 Å². The molecular formula is C13H27N3O2S. The third-order valence-electron chi connectivity index (χ3n) is 4.43. The minimum absolute atomic E-state index is 0.161. The molecular weight excluding hydrogens is 262 g/mol. The van der Waals surface area contributed by atoms with E-state index in [1.807, 2.05) is 14.0 Å². The van der Waals surface area contributed by atoms with Crippen molar-refractivity contribution in [3.05, 3.63) is 0 Å². The van der Waals surface area contributed by atoms with E-state index in [1.165, 1.54) is 0 Å². The second kappa shape index (κ2) is 6.52. The van der Waals surface area contributed by atoms with Gasteiger partial charge in [0.15, 0.2) is 0 Å². The molecule has 0 aromatic rings. The minimum Gasteiger partial charge on any atom is -0.319 e. The summed E-state index contributed by atoms with van der Waals surface area (Å²) in [6.45, 7) is 5.08. The molecule has 1 N–H and O–H groups in total. The van der Waals surface area contributed by atoms with Crippen molar-refractivity contribution in [3.8, 4) is 0 Å². The predicted molar refractivity (Wildman–Crippen MR) is 77.2 cm³/mol. The molecule has 0 aliphatic carbocycles. The maximum Gasteiger partial charge on any atom is 0.282 e. The van der Waals surface area contributed by atoms with E-state index in [2.05, 4.69) is 5.32 Å². The Hall–Kier alpha value is -0.170. The molecule has 112 valence electrons. The first kappa shape index (κ1) is 15.2. The summed E-state index contributed by atoms with van der Waals surface area (Å²) in [6, 6.07) is 0.161. The molecule has 5 nitrogen and oxygen atoms in total. The smallest absolute Gasteiger partial charge is 0.282 e. The second-order valence-corrected chi connectivity index (χ2v) is 7.74. The molecule has 2 heterocycles. The van der Waals surface area contributed by atoms with E-state index in [0.717, 1.165) is 38.6 Å². The van der Waals surface area contributed by atoms with Gasteiger partial charge in [-0.3, -0.25) is 0 Å². The van der Waals surface area contributed by atoms with E-state index in [9.17, 15) is 8.42 Å². The molecule has 2 aliphatic rings. The van der Waals surface area contributed by atoms with Gasteiger partial charge in [0.05, 0.1) is 0 Å². The Balaban J connectivity index is 1.97. The summed E-state index contributed by atoms with van der Waals surface area (Å²) in [5, 5.41) is 3.18. The van der Waals surface area contributed by atoms with Gasteiger partial charge in [-0.2, -0.15) is 17.0 Å². The fourth-order valence-corrected chi connectivity index (χ4v) is 5.08. The summed E-state index contributed by atoms with van der Waals surface area (Å²) < 4.78 is 28.7. The van der Waals surface area contributed by atoms with E-state index in [1.54, 1.807) is 8.61 Å². The molecule has 1 atom stereocenters. The zero-order valence-corrected chi connectivity index (χ0v) is 13.0. The van der Waals surface area contributed by atoms with Crippen molar-refractivity contribution in [3.63, 3.8) is 0 Å². The van der Waals surface area contributed by atoms with Crippen LogP contribution in [-0.2, 0) is 10.2 Å². The lowest BCUT2D eigenvalue weighted by Crippen LogP contribution is -2.52. The van der Waals surface area contributed by atoms with Crippen molar-refractivity contribution in [2.75, 3.05) is 33.2 Å². The van der Waals surface area contributed by atoms with Gasteiger partial charge in [-0.1, -0.05) is 6.42 Å². The van der Waals surface area contributed by atoms with Crippen LogP contribution in [0.3, 0.4) is 0 Å². The van der Waals surface area contributed by atoms with Crippen LogP contribution < -0.4 is 5.32 Å². The van der Waals surface area contributed by atoms with E-state index < -0.39 is 10.2 Å². The molecule has 0 amide bonds. The number of nitrogens with one attached hydrogen (secondary N) is 1. The summed E-state index contributed by atoms with van der Waals surface area (Å²) in [5.41, 5.74) is 0. The molecule has 0 radical (unpaired) electrons. The van der Waals surface area contributed by atoms with E-state index in [-0.39, 0.29) is 6.04 Å². The molecule has 2 saturated heterocycles. The molecule has 0 bridgehead atoms. The number of piperidine rings is 2. The number of nitrogens with zero attached hydrogens (tertiary/aromatic N) is 2. The van der Waals surface area contributed by atoms with Gasteiger partial charge < -0.3 is 5.32 Å². The van der Waals surface area contributed by atoms with Crippen LogP contribution in [0.5, 0.6) is 0 Å². The topological polar surface area (TPSA) is 52.7 Å². The zero-order valence-electron chi connectivity index (χ0n) is 12.1. The summed E-state index contributed by atoms with van der Waals surface area (Å²) in [4.78, 5) is 0. The molecule has 0 aromatic carbocycles. The van der Waals surface area contributed by atoms with Gasteiger partial charge >= 0.3 is 0 Å². The lowest BCUT2D eigenvalue weighted by Gasteiger charge is -2.39. The largest absolute Gasteiger partial charge is 0.319 e. The van der Waals surface area contributed by atoms with Gasteiger partial charge in [0.2, 0.25) is 0 Å². The molecule has 1 unspecified atom stereocenters. The van der Waals surface area contributed by atoms with E-state index in [0.29, 0.717) is 25.6 Å². The normalized spacial score (nSPS) is 28.6. The summed E-state index contributed by atoms with van der Waals surface area (Å²) >= 11 is 0. The quantitative estimate of drug-likeness (QED) is 0.841. The van der Waals surface area contributed by atoms with Crippen molar-refractivity contribution in [2.45, 2.75) is 45.1 Å². The first-order chi connectivity index (χ1) is 9.05. The zero-order chi connectivity index (χ0) is 13.9. The molecule has 2 rings (SSSR count). The van der Waals surface area contributed by atoms with E-state index in [4.69, 9.17) is 0 Å². The Bertz CT molecular complexity index is 377. The van der Waals surface area contributed by atoms with Crippen molar-refractivity contribution in [1.82, 2.24) is 13.9 Å². The summed E-state index contributed by atoms with van der Waals surface area (Å²) in [7, 11) is -1.27. The third-order valence-corrected chi connectivity index (χ3v) is 6.58. The van der Waals surface area contributed by atoms with Crippen molar-refractivity contribution >= 4 is 10.2 Å². The highest BCUT2D eigenvalue weighted by Crippen LogP contribution is 2.25. The summed E-state index contributed by atoms with van der Waals surface area (Å²) in [6.07, 6.45) is 5.09. The molecule has 6 heteroatoms. The lowest BCUT2D eigenvalue weighted by molar-refractivity contribution is 0.217. The van der Waals surface area contributed by atoms with Crippen LogP contribution in [0, 0.1) is 5.92 Å². The second-order valence-electron chi connectivity index (χ2n) is 5.86. The standard InChI is InChI=1S/C13H27N3O2S/c1-12-5-3-4-8-16(12)19(17,18)15-9-6-13(7-10-15)11-14-2/h12-14H,3-11H2,1-2H3. The lowest BCUT2D eigenvalue weighted by atomic mass is 9.98. The minimum atomic E-state index is -3.23. The van der Waals surface area contributed by atoms with Crippen molar-refractivity contribution < 1.29 is 8.42 Å². The van der Waals surface area contributed by atoms with Crippen molar-refractivity contribution in [1.29, 1.82) is 0 Å². The van der Waals surface area contributed by atoms with Crippen LogP contribution in [0.15, 0.2) is 0 Å². The van der Waals surface area contributed by atoms with Crippen LogP contribution in [-0.4, -0.2) is 56.3 Å².